The predicted octanol–water partition coefficient (Wildman–Crippen LogP) is 1.01. The summed E-state index contributed by atoms with van der Waals surface area (Å²) >= 11 is 0. The lowest BCUT2D eigenvalue weighted by atomic mass is 10.1. The fraction of sp³-hybridized carbons (Fsp3) is 0.556. The maximum Gasteiger partial charge on any atom is 0.264 e. The van der Waals surface area contributed by atoms with Gasteiger partial charge in [0.1, 0.15) is 5.82 Å². The summed E-state index contributed by atoms with van der Waals surface area (Å²) in [4.78, 5) is 12.5. The van der Waals surface area contributed by atoms with Crippen LogP contribution in [-0.2, 0) is 0 Å². The molecule has 0 aromatic carbocycles. The SMILES string of the molecule is O=c1ccc(N2CCC(F)(F)CC2)n[nH]1. The van der Waals surface area contributed by atoms with E-state index in [-0.39, 0.29) is 31.5 Å². The van der Waals surface area contributed by atoms with Gasteiger partial charge >= 0.3 is 0 Å². The molecule has 0 radical (unpaired) electrons. The van der Waals surface area contributed by atoms with Crippen molar-refractivity contribution < 1.29 is 8.78 Å². The quantitative estimate of drug-likeness (QED) is 0.760. The molecule has 0 amide bonds. The Morgan fingerprint density at radius 2 is 2.00 bits per heavy atom. The minimum atomic E-state index is -2.56. The third-order valence-corrected chi connectivity index (χ3v) is 2.48. The highest BCUT2D eigenvalue weighted by Crippen LogP contribution is 2.29. The van der Waals surface area contributed by atoms with Crippen LogP contribution in [0.15, 0.2) is 16.9 Å². The molecule has 1 aromatic rings. The van der Waals surface area contributed by atoms with Crippen LogP contribution < -0.4 is 10.5 Å². The number of H-pyrrole nitrogens is 1. The number of aromatic nitrogens is 2. The van der Waals surface area contributed by atoms with E-state index in [0.29, 0.717) is 5.82 Å². The number of piperidine rings is 1. The Morgan fingerprint density at radius 3 is 2.53 bits per heavy atom. The summed E-state index contributed by atoms with van der Waals surface area (Å²) in [5.41, 5.74) is -0.291. The normalized spacial score (nSPS) is 20.3. The molecule has 0 saturated carbocycles. The van der Waals surface area contributed by atoms with E-state index in [1.807, 2.05) is 0 Å². The van der Waals surface area contributed by atoms with Crippen molar-refractivity contribution >= 4 is 5.82 Å². The average Bonchev–Trinajstić information content (AvgIpc) is 2.20. The van der Waals surface area contributed by atoms with Crippen molar-refractivity contribution in [3.05, 3.63) is 22.5 Å². The van der Waals surface area contributed by atoms with Gasteiger partial charge in [-0.05, 0) is 6.07 Å². The summed E-state index contributed by atoms with van der Waals surface area (Å²) in [7, 11) is 0. The number of anilines is 1. The zero-order chi connectivity index (χ0) is 10.9. The van der Waals surface area contributed by atoms with E-state index in [2.05, 4.69) is 10.2 Å². The topological polar surface area (TPSA) is 49.0 Å². The molecule has 82 valence electrons. The van der Waals surface area contributed by atoms with Gasteiger partial charge in [-0.15, -0.1) is 0 Å². The molecular formula is C9H11F2N3O. The van der Waals surface area contributed by atoms with Crippen LogP contribution >= 0.6 is 0 Å². The third kappa shape index (κ3) is 2.31. The molecular weight excluding hydrogens is 204 g/mol. The number of hydrogen-bond acceptors (Lipinski definition) is 3. The van der Waals surface area contributed by atoms with Gasteiger partial charge in [-0.25, -0.2) is 13.9 Å². The van der Waals surface area contributed by atoms with Gasteiger partial charge < -0.3 is 4.90 Å². The Hall–Kier alpha value is -1.46. The number of nitrogens with zero attached hydrogens (tertiary/aromatic N) is 2. The van der Waals surface area contributed by atoms with Gasteiger partial charge in [0.2, 0.25) is 0 Å². The first-order valence-corrected chi connectivity index (χ1v) is 4.75. The van der Waals surface area contributed by atoms with Crippen LogP contribution in [0, 0.1) is 0 Å². The fourth-order valence-electron chi connectivity index (χ4n) is 1.58. The lowest BCUT2D eigenvalue weighted by Gasteiger charge is -2.32. The van der Waals surface area contributed by atoms with Crippen LogP contribution in [0.2, 0.25) is 0 Å². The number of aromatic amines is 1. The standard InChI is InChI=1S/C9H11F2N3O/c10-9(11)3-5-14(6-4-9)7-1-2-8(15)13-12-7/h1-2H,3-6H2,(H,13,15). The fourth-order valence-corrected chi connectivity index (χ4v) is 1.58. The molecule has 0 aliphatic carbocycles. The number of rotatable bonds is 1. The Balaban J connectivity index is 2.07. The molecule has 0 atom stereocenters. The molecule has 15 heavy (non-hydrogen) atoms. The van der Waals surface area contributed by atoms with E-state index in [9.17, 15) is 13.6 Å². The van der Waals surface area contributed by atoms with Gasteiger partial charge in [0.05, 0.1) is 0 Å². The maximum absolute atomic E-state index is 12.9. The number of halogens is 2. The summed E-state index contributed by atoms with van der Waals surface area (Å²) in [6, 6.07) is 2.89. The minimum Gasteiger partial charge on any atom is -0.355 e. The van der Waals surface area contributed by atoms with Gasteiger partial charge in [0, 0.05) is 32.0 Å². The lowest BCUT2D eigenvalue weighted by molar-refractivity contribution is -0.0221. The van der Waals surface area contributed by atoms with Crippen molar-refractivity contribution in [2.75, 3.05) is 18.0 Å². The smallest absolute Gasteiger partial charge is 0.264 e. The monoisotopic (exact) mass is 215 g/mol. The Labute approximate surface area is 84.9 Å². The molecule has 1 aliphatic heterocycles. The second-order valence-electron chi connectivity index (χ2n) is 3.62. The molecule has 4 nitrogen and oxygen atoms in total. The van der Waals surface area contributed by atoms with E-state index in [1.54, 1.807) is 11.0 Å². The van der Waals surface area contributed by atoms with Gasteiger partial charge in [0.15, 0.2) is 0 Å². The van der Waals surface area contributed by atoms with Crippen LogP contribution in [0.5, 0.6) is 0 Å². The summed E-state index contributed by atoms with van der Waals surface area (Å²) in [5.74, 6) is -2.01. The zero-order valence-electron chi connectivity index (χ0n) is 8.04. The molecule has 1 N–H and O–H groups in total. The first kappa shape index (κ1) is 10.1. The molecule has 2 heterocycles. The molecule has 0 unspecified atom stereocenters. The van der Waals surface area contributed by atoms with E-state index in [1.165, 1.54) is 6.07 Å². The summed E-state index contributed by atoms with van der Waals surface area (Å²) in [6.07, 6.45) is -0.318. The van der Waals surface area contributed by atoms with Gasteiger partial charge in [-0.1, -0.05) is 0 Å². The molecule has 6 heteroatoms. The summed E-state index contributed by atoms with van der Waals surface area (Å²) in [5, 5.41) is 6.08. The number of alkyl halides is 2. The van der Waals surface area contributed by atoms with Gasteiger partial charge in [0.25, 0.3) is 11.5 Å². The van der Waals surface area contributed by atoms with E-state index < -0.39 is 5.92 Å². The highest BCUT2D eigenvalue weighted by molar-refractivity contribution is 5.36. The molecule has 1 saturated heterocycles. The second-order valence-corrected chi connectivity index (χ2v) is 3.62. The third-order valence-electron chi connectivity index (χ3n) is 2.48. The number of hydrogen-bond donors (Lipinski definition) is 1. The van der Waals surface area contributed by atoms with Crippen LogP contribution in [0.25, 0.3) is 0 Å². The molecule has 0 bridgehead atoms. The first-order chi connectivity index (χ1) is 7.07. The first-order valence-electron chi connectivity index (χ1n) is 4.75. The largest absolute Gasteiger partial charge is 0.355 e. The van der Waals surface area contributed by atoms with Crippen molar-refractivity contribution in [2.45, 2.75) is 18.8 Å². The average molecular weight is 215 g/mol. The second kappa shape index (κ2) is 3.60. The van der Waals surface area contributed by atoms with Crippen molar-refractivity contribution in [1.82, 2.24) is 10.2 Å². The highest BCUT2D eigenvalue weighted by Gasteiger charge is 2.34. The minimum absolute atomic E-state index is 0.159. The van der Waals surface area contributed by atoms with Crippen molar-refractivity contribution in [3.63, 3.8) is 0 Å². The highest BCUT2D eigenvalue weighted by atomic mass is 19.3. The predicted molar refractivity (Wildman–Crippen MR) is 51.3 cm³/mol. The molecule has 1 aliphatic rings. The summed E-state index contributed by atoms with van der Waals surface area (Å²) in [6.45, 7) is 0.540. The van der Waals surface area contributed by atoms with Crippen LogP contribution in [0.3, 0.4) is 0 Å². The van der Waals surface area contributed by atoms with Crippen LogP contribution in [-0.4, -0.2) is 29.2 Å². The van der Waals surface area contributed by atoms with Crippen LogP contribution in [0.4, 0.5) is 14.6 Å². The Bertz CT molecular complexity index is 374. The van der Waals surface area contributed by atoms with Gasteiger partial charge in [-0.2, -0.15) is 5.10 Å². The van der Waals surface area contributed by atoms with Crippen molar-refractivity contribution in [2.24, 2.45) is 0 Å². The van der Waals surface area contributed by atoms with Gasteiger partial charge in [-0.3, -0.25) is 4.79 Å². The molecule has 2 rings (SSSR count). The number of nitrogens with one attached hydrogen (secondary N) is 1. The lowest BCUT2D eigenvalue weighted by Crippen LogP contribution is -2.40. The molecule has 1 fully saturated rings. The molecule has 0 spiro atoms. The van der Waals surface area contributed by atoms with E-state index in [0.717, 1.165) is 0 Å². The summed E-state index contributed by atoms with van der Waals surface area (Å²) < 4.78 is 25.7. The Kier molecular flexibility index (Phi) is 2.42. The zero-order valence-corrected chi connectivity index (χ0v) is 8.04. The van der Waals surface area contributed by atoms with Crippen LogP contribution in [0.1, 0.15) is 12.8 Å². The van der Waals surface area contributed by atoms with E-state index >= 15 is 0 Å². The van der Waals surface area contributed by atoms with Crippen molar-refractivity contribution in [1.29, 1.82) is 0 Å². The molecule has 1 aromatic heterocycles. The maximum atomic E-state index is 12.9. The van der Waals surface area contributed by atoms with Crippen molar-refractivity contribution in [3.8, 4) is 0 Å². The van der Waals surface area contributed by atoms with E-state index in [4.69, 9.17) is 0 Å². The Morgan fingerprint density at radius 1 is 1.33 bits per heavy atom.